The maximum absolute atomic E-state index is 12.1. The van der Waals surface area contributed by atoms with E-state index >= 15 is 0 Å². The highest BCUT2D eigenvalue weighted by Crippen LogP contribution is 2.18. The van der Waals surface area contributed by atoms with E-state index in [1.807, 2.05) is 0 Å². The van der Waals surface area contributed by atoms with Gasteiger partial charge in [0.2, 0.25) is 15.9 Å². The lowest BCUT2D eigenvalue weighted by atomic mass is 9.97. The van der Waals surface area contributed by atoms with Crippen molar-refractivity contribution in [3.63, 3.8) is 0 Å². The molecule has 0 spiro atoms. The second-order valence-electron chi connectivity index (χ2n) is 4.83. The van der Waals surface area contributed by atoms with Crippen molar-refractivity contribution in [1.29, 1.82) is 0 Å². The van der Waals surface area contributed by atoms with Gasteiger partial charge in [-0.15, -0.1) is 0 Å². The Morgan fingerprint density at radius 3 is 2.05 bits per heavy atom. The lowest BCUT2D eigenvalue weighted by molar-refractivity contribution is -0.120. The smallest absolute Gasteiger partial charge is 0.238 e. The zero-order valence-corrected chi connectivity index (χ0v) is 12.7. The second kappa shape index (κ2) is 7.40. The standard InChI is InChI=1S/C14H22N2O3S/c1-3-5-11(6-4-2)14(17)16-12-7-9-13(10-8-12)20(15,18)19/h7-11H,3-6H2,1-2H3,(H,16,17)(H2,15,18,19). The van der Waals surface area contributed by atoms with Crippen molar-refractivity contribution in [1.82, 2.24) is 0 Å². The van der Waals surface area contributed by atoms with E-state index in [0.29, 0.717) is 5.69 Å². The maximum atomic E-state index is 12.1. The van der Waals surface area contributed by atoms with E-state index in [-0.39, 0.29) is 16.7 Å². The molecule has 0 heterocycles. The van der Waals surface area contributed by atoms with E-state index in [0.717, 1.165) is 25.7 Å². The number of sulfonamides is 1. The quantitative estimate of drug-likeness (QED) is 0.810. The topological polar surface area (TPSA) is 89.3 Å². The third-order valence-electron chi connectivity index (χ3n) is 3.10. The summed E-state index contributed by atoms with van der Waals surface area (Å²) in [5.74, 6) is -0.0139. The van der Waals surface area contributed by atoms with Crippen molar-refractivity contribution in [3.8, 4) is 0 Å². The molecule has 0 saturated heterocycles. The number of nitrogens with one attached hydrogen (secondary N) is 1. The normalized spacial score (nSPS) is 11.6. The number of hydrogen-bond acceptors (Lipinski definition) is 3. The molecule has 0 atom stereocenters. The van der Waals surface area contributed by atoms with E-state index in [1.165, 1.54) is 12.1 Å². The Hall–Kier alpha value is -1.40. The van der Waals surface area contributed by atoms with Crippen LogP contribution in [-0.2, 0) is 14.8 Å². The molecule has 3 N–H and O–H groups in total. The summed E-state index contributed by atoms with van der Waals surface area (Å²) in [5.41, 5.74) is 0.583. The highest BCUT2D eigenvalue weighted by molar-refractivity contribution is 7.89. The van der Waals surface area contributed by atoms with E-state index in [1.54, 1.807) is 12.1 Å². The molecule has 1 aromatic rings. The molecular formula is C14H22N2O3S. The molecule has 0 aliphatic heterocycles. The predicted molar refractivity (Wildman–Crippen MR) is 79.8 cm³/mol. The molecule has 1 amide bonds. The van der Waals surface area contributed by atoms with Gasteiger partial charge in [-0.05, 0) is 37.1 Å². The SMILES string of the molecule is CCCC(CCC)C(=O)Nc1ccc(S(N)(=O)=O)cc1. The lowest BCUT2D eigenvalue weighted by Crippen LogP contribution is -2.22. The Labute approximate surface area is 120 Å². The number of rotatable bonds is 7. The first-order valence-electron chi connectivity index (χ1n) is 6.82. The minimum atomic E-state index is -3.69. The molecule has 1 aromatic carbocycles. The average Bonchev–Trinajstić information content (AvgIpc) is 2.38. The largest absolute Gasteiger partial charge is 0.326 e. The Balaban J connectivity index is 2.75. The zero-order chi connectivity index (χ0) is 15.2. The summed E-state index contributed by atoms with van der Waals surface area (Å²) in [5, 5.41) is 7.84. The van der Waals surface area contributed by atoms with Crippen molar-refractivity contribution in [3.05, 3.63) is 24.3 Å². The second-order valence-corrected chi connectivity index (χ2v) is 6.39. The molecular weight excluding hydrogens is 276 g/mol. The van der Waals surface area contributed by atoms with Crippen LogP contribution in [0.4, 0.5) is 5.69 Å². The molecule has 112 valence electrons. The molecule has 0 aliphatic carbocycles. The van der Waals surface area contributed by atoms with E-state index in [4.69, 9.17) is 5.14 Å². The van der Waals surface area contributed by atoms with Crippen LogP contribution >= 0.6 is 0 Å². The molecule has 0 aromatic heterocycles. The van der Waals surface area contributed by atoms with Gasteiger partial charge in [0, 0.05) is 11.6 Å². The summed E-state index contributed by atoms with van der Waals surface area (Å²) < 4.78 is 22.3. The van der Waals surface area contributed by atoms with E-state index in [9.17, 15) is 13.2 Å². The molecule has 6 heteroatoms. The summed E-state index contributed by atoms with van der Waals surface area (Å²) in [4.78, 5) is 12.2. The number of hydrogen-bond donors (Lipinski definition) is 2. The molecule has 0 fully saturated rings. The Morgan fingerprint density at radius 2 is 1.65 bits per heavy atom. The van der Waals surface area contributed by atoms with Crippen LogP contribution in [0.1, 0.15) is 39.5 Å². The highest BCUT2D eigenvalue weighted by Gasteiger charge is 2.16. The van der Waals surface area contributed by atoms with E-state index in [2.05, 4.69) is 19.2 Å². The maximum Gasteiger partial charge on any atom is 0.238 e. The third-order valence-corrected chi connectivity index (χ3v) is 4.02. The van der Waals surface area contributed by atoms with Gasteiger partial charge in [-0.2, -0.15) is 0 Å². The van der Waals surface area contributed by atoms with Crippen molar-refractivity contribution < 1.29 is 13.2 Å². The fourth-order valence-electron chi connectivity index (χ4n) is 2.08. The lowest BCUT2D eigenvalue weighted by Gasteiger charge is -2.15. The van der Waals surface area contributed by atoms with Gasteiger partial charge in [0.15, 0.2) is 0 Å². The summed E-state index contributed by atoms with van der Waals surface area (Å²) in [6, 6.07) is 5.87. The first-order valence-corrected chi connectivity index (χ1v) is 8.36. The monoisotopic (exact) mass is 298 g/mol. The number of benzene rings is 1. The van der Waals surface area contributed by atoms with Crippen LogP contribution in [0.3, 0.4) is 0 Å². The van der Waals surface area contributed by atoms with Crippen molar-refractivity contribution in [2.45, 2.75) is 44.4 Å². The van der Waals surface area contributed by atoms with Crippen molar-refractivity contribution in [2.24, 2.45) is 11.1 Å². The first-order chi connectivity index (χ1) is 9.38. The number of nitrogens with two attached hydrogens (primary N) is 1. The van der Waals surface area contributed by atoms with Gasteiger partial charge >= 0.3 is 0 Å². The Bertz CT molecular complexity index is 532. The zero-order valence-electron chi connectivity index (χ0n) is 11.9. The molecule has 0 unspecified atom stereocenters. The van der Waals surface area contributed by atoms with Gasteiger partial charge in [-0.1, -0.05) is 26.7 Å². The predicted octanol–water partition coefficient (Wildman–Crippen LogP) is 2.49. The minimum absolute atomic E-state index is 0.00270. The summed E-state index contributed by atoms with van der Waals surface area (Å²) in [6.07, 6.45) is 3.63. The van der Waals surface area contributed by atoms with Gasteiger partial charge in [-0.25, -0.2) is 13.6 Å². The van der Waals surface area contributed by atoms with Crippen molar-refractivity contribution in [2.75, 3.05) is 5.32 Å². The number of primary sulfonamides is 1. The molecule has 0 bridgehead atoms. The van der Waals surface area contributed by atoms with Crippen LogP contribution in [0, 0.1) is 5.92 Å². The molecule has 0 aliphatic rings. The summed E-state index contributed by atoms with van der Waals surface area (Å²) in [6.45, 7) is 4.10. The fraction of sp³-hybridized carbons (Fsp3) is 0.500. The third kappa shape index (κ3) is 4.94. The van der Waals surface area contributed by atoms with Crippen molar-refractivity contribution >= 4 is 21.6 Å². The average molecular weight is 298 g/mol. The Kier molecular flexibility index (Phi) is 6.16. The van der Waals surface area contributed by atoms with Crippen LogP contribution in [0.2, 0.25) is 0 Å². The van der Waals surface area contributed by atoms with Gasteiger partial charge in [-0.3, -0.25) is 4.79 Å². The first kappa shape index (κ1) is 16.7. The number of amides is 1. The molecule has 1 rings (SSSR count). The van der Waals surface area contributed by atoms with Gasteiger partial charge < -0.3 is 5.32 Å². The minimum Gasteiger partial charge on any atom is -0.326 e. The number of carbonyl (C=O) groups is 1. The Morgan fingerprint density at radius 1 is 1.15 bits per heavy atom. The molecule has 20 heavy (non-hydrogen) atoms. The fourth-order valence-corrected chi connectivity index (χ4v) is 2.59. The van der Waals surface area contributed by atoms with E-state index < -0.39 is 10.0 Å². The molecule has 0 saturated carbocycles. The number of carbonyl (C=O) groups excluding carboxylic acids is 1. The van der Waals surface area contributed by atoms with Gasteiger partial charge in [0.1, 0.15) is 0 Å². The highest BCUT2D eigenvalue weighted by atomic mass is 32.2. The van der Waals surface area contributed by atoms with Crippen LogP contribution in [0.15, 0.2) is 29.2 Å². The molecule has 0 radical (unpaired) electrons. The van der Waals surface area contributed by atoms with Crippen LogP contribution in [-0.4, -0.2) is 14.3 Å². The van der Waals surface area contributed by atoms with Crippen LogP contribution < -0.4 is 10.5 Å². The van der Waals surface area contributed by atoms with Crippen LogP contribution in [0.25, 0.3) is 0 Å². The number of anilines is 1. The summed E-state index contributed by atoms with van der Waals surface area (Å²) >= 11 is 0. The van der Waals surface area contributed by atoms with Gasteiger partial charge in [0.05, 0.1) is 4.90 Å². The summed E-state index contributed by atoms with van der Waals surface area (Å²) in [7, 11) is -3.69. The van der Waals surface area contributed by atoms with Gasteiger partial charge in [0.25, 0.3) is 0 Å². The van der Waals surface area contributed by atoms with Crippen LogP contribution in [0.5, 0.6) is 0 Å². The molecule has 5 nitrogen and oxygen atoms in total.